The smallest absolute Gasteiger partial charge is 0.337 e. The normalized spacial score (nSPS) is 11.5. The predicted octanol–water partition coefficient (Wildman–Crippen LogP) is 30.2. The largest absolute Gasteiger partial charge is 0.497 e. The van der Waals surface area contributed by atoms with Gasteiger partial charge in [-0.2, -0.15) is 0 Å². The number of anilines is 1. The highest BCUT2D eigenvalue weighted by molar-refractivity contribution is 9.11. The molecule has 0 bridgehead atoms. The number of nitrogens with two attached hydrogens (primary N) is 1. The first kappa shape index (κ1) is 87.6. The summed E-state index contributed by atoms with van der Waals surface area (Å²) in [6, 6.07) is 106. The summed E-state index contributed by atoms with van der Waals surface area (Å²) in [4.78, 5) is 90.7. The van der Waals surface area contributed by atoms with Crippen LogP contribution in [0.25, 0.3) is 254 Å². The number of carbonyl (C=O) groups excluding carboxylic acids is 1. The Balaban J connectivity index is 0.0000000964. The molecule has 0 spiro atoms. The number of methoxy groups -OCH3 is 2. The summed E-state index contributed by atoms with van der Waals surface area (Å²) in [5.74, 6) is 4.51. The van der Waals surface area contributed by atoms with Crippen LogP contribution in [0.5, 0.6) is 5.75 Å². The Labute approximate surface area is 836 Å². The first-order chi connectivity index (χ1) is 70.1. The number of esters is 1. The molecule has 28 rings (SSSR count). The minimum Gasteiger partial charge on any atom is -0.497 e. The van der Waals surface area contributed by atoms with Gasteiger partial charge in [0.05, 0.1) is 91.6 Å². The van der Waals surface area contributed by atoms with Gasteiger partial charge in [-0.15, -0.1) is 0 Å². The van der Waals surface area contributed by atoms with Crippen LogP contribution in [0.3, 0.4) is 0 Å². The third-order valence-electron chi connectivity index (χ3n) is 26.1. The van der Waals surface area contributed by atoms with E-state index in [1.807, 2.05) is 171 Å². The zero-order chi connectivity index (χ0) is 96.6. The number of benzene rings is 16. The number of halogens is 3. The summed E-state index contributed by atoms with van der Waals surface area (Å²) in [5.41, 5.74) is 32.6. The minimum atomic E-state index is -0.399. The molecule has 0 saturated carbocycles. The highest BCUT2D eigenvalue weighted by Gasteiger charge is 2.26. The number of carbonyl (C=O) groups is 1. The Bertz CT molecular complexity index is 9660. The molecule has 12 aromatic heterocycles. The lowest BCUT2D eigenvalue weighted by molar-refractivity contribution is -0.384. The quantitative estimate of drug-likeness (QED) is 0.0178. The summed E-state index contributed by atoms with van der Waals surface area (Å²) < 4.78 is 13.3. The number of nitrogens with one attached hydrogen (secondary N) is 10. The van der Waals surface area contributed by atoms with Crippen LogP contribution in [0, 0.1) is 10.1 Å². The van der Waals surface area contributed by atoms with Gasteiger partial charge in [-0.1, -0.05) is 224 Å². The molecule has 16 aromatic carbocycles. The van der Waals surface area contributed by atoms with Gasteiger partial charge in [-0.25, -0.2) is 29.7 Å². The summed E-state index contributed by atoms with van der Waals surface area (Å²) in [7, 11) is 3.07. The number of pyridine rings is 2. The molecule has 143 heavy (non-hydrogen) atoms. The highest BCUT2D eigenvalue weighted by Crippen LogP contribution is 2.45. The Morgan fingerprint density at radius 2 is 0.685 bits per heavy atom. The predicted molar refractivity (Wildman–Crippen MR) is 586 cm³/mol. The molecule has 688 valence electrons. The third kappa shape index (κ3) is 16.1. The van der Waals surface area contributed by atoms with Crippen molar-refractivity contribution >= 4 is 218 Å². The van der Waals surface area contributed by atoms with Gasteiger partial charge in [0.1, 0.15) is 34.9 Å². The molecule has 0 saturated heterocycles. The maximum absolute atomic E-state index is 11.8. The van der Waals surface area contributed by atoms with Gasteiger partial charge in [0.2, 0.25) is 0 Å². The van der Waals surface area contributed by atoms with Gasteiger partial charge in [-0.3, -0.25) is 20.1 Å². The summed E-state index contributed by atoms with van der Waals surface area (Å²) >= 11 is 10.7. The molecule has 0 aliphatic rings. The average molecular weight is 2060 g/mol. The molecular weight excluding hydrogens is 1980 g/mol. The van der Waals surface area contributed by atoms with E-state index in [4.69, 9.17) is 40.1 Å². The molecule has 0 aliphatic heterocycles. The maximum atomic E-state index is 11.8. The molecule has 0 unspecified atom stereocenters. The monoisotopic (exact) mass is 2050 g/mol. The van der Waals surface area contributed by atoms with Crippen molar-refractivity contribution in [3.8, 4) is 108 Å². The molecule has 28 aromatic rings. The SMILES string of the molecule is Brc1ccc2[nH]cc(-c3nc4c5cccnc5c5ncccc5c4[nH]3)c2c1.COC(=O)c1ccc2c(-c3nc(-c4ccccc4)c(-c4ccccc4)[nH]3)c[nH]c2c1.COc1ccc2[nH]cc(-c3nc4c5ccccc5c5ccccc5c4[nH]3)c2c1.Nc1ccc2c3ccccc3c3[nH]c(-c4c[nH]c5ccc(Br)cc45)nc3c2c1.O=[N+]([O-])c1ccc(-c2[nH]c(-c3c[nH]c4ccc(Br)cc34)nc2-c2ccccc2)cc1. The van der Waals surface area contributed by atoms with Crippen molar-refractivity contribution in [1.82, 2.24) is 84.7 Å². The molecule has 0 fully saturated rings. The third-order valence-corrected chi connectivity index (χ3v) is 27.5. The van der Waals surface area contributed by atoms with E-state index in [1.165, 1.54) is 40.8 Å². The molecular formula is C116H78Br3N19O5. The number of nitro groups is 1. The molecule has 0 aliphatic carbocycles. The number of aromatic amines is 10. The lowest BCUT2D eigenvalue weighted by Crippen LogP contribution is -2.00. The summed E-state index contributed by atoms with van der Waals surface area (Å²) in [5, 5.41) is 27.8. The van der Waals surface area contributed by atoms with Gasteiger partial charge >= 0.3 is 5.97 Å². The van der Waals surface area contributed by atoms with Crippen LogP contribution in [-0.2, 0) is 4.74 Å². The van der Waals surface area contributed by atoms with Crippen LogP contribution >= 0.6 is 47.8 Å². The lowest BCUT2D eigenvalue weighted by Gasteiger charge is -2.06. The molecule has 0 atom stereocenters. The number of hydrogen-bond donors (Lipinski definition) is 11. The van der Waals surface area contributed by atoms with E-state index in [9.17, 15) is 14.9 Å². The Hall–Kier alpha value is -18.2. The first-order valence-electron chi connectivity index (χ1n) is 45.8. The minimum absolute atomic E-state index is 0.0567. The maximum Gasteiger partial charge on any atom is 0.337 e. The van der Waals surface area contributed by atoms with Crippen molar-refractivity contribution < 1.29 is 19.2 Å². The fourth-order valence-corrected chi connectivity index (χ4v) is 20.4. The number of fused-ring (bicyclic) bond motifs is 23. The van der Waals surface area contributed by atoms with E-state index in [-0.39, 0.29) is 11.7 Å². The molecule has 12 N–H and O–H groups in total. The molecule has 27 heteroatoms. The number of rotatable bonds is 12. The van der Waals surface area contributed by atoms with Gasteiger partial charge in [0.25, 0.3) is 5.69 Å². The van der Waals surface area contributed by atoms with E-state index in [2.05, 4.69) is 253 Å². The number of imidazole rings is 5. The van der Waals surface area contributed by atoms with Crippen LogP contribution in [0.4, 0.5) is 11.4 Å². The summed E-state index contributed by atoms with van der Waals surface area (Å²) in [6.07, 6.45) is 13.5. The average Bonchev–Trinajstić information content (AvgIpc) is 1.61. The number of nitrogen functional groups attached to an aromatic ring is 1. The van der Waals surface area contributed by atoms with Crippen molar-refractivity contribution in [2.24, 2.45) is 0 Å². The molecule has 0 amide bonds. The second kappa shape index (κ2) is 36.6. The number of nitro benzene ring substituents is 1. The van der Waals surface area contributed by atoms with Gasteiger partial charge in [0, 0.05) is 212 Å². The second-order valence-corrected chi connectivity index (χ2v) is 37.2. The van der Waals surface area contributed by atoms with E-state index in [0.717, 1.165) is 258 Å². The van der Waals surface area contributed by atoms with Gasteiger partial charge in [0.15, 0.2) is 0 Å². The zero-order valence-corrected chi connectivity index (χ0v) is 80.7. The van der Waals surface area contributed by atoms with E-state index in [1.54, 1.807) is 43.8 Å². The fraction of sp³-hybridized carbons (Fsp3) is 0.0172. The van der Waals surface area contributed by atoms with Crippen molar-refractivity contribution in [2.75, 3.05) is 20.0 Å². The van der Waals surface area contributed by atoms with Crippen molar-refractivity contribution in [1.29, 1.82) is 0 Å². The van der Waals surface area contributed by atoms with E-state index in [0.29, 0.717) is 5.56 Å². The topological polar surface area (TPSA) is 353 Å². The van der Waals surface area contributed by atoms with Gasteiger partial charge in [-0.05, 0) is 155 Å². The highest BCUT2D eigenvalue weighted by atomic mass is 79.9. The number of hydrogen-bond acceptors (Lipinski definition) is 13. The van der Waals surface area contributed by atoms with Crippen LogP contribution in [0.2, 0.25) is 0 Å². The standard InChI is InChI=1S/C25H19N3O2.C24H17N3O.C23H15BrN4O2.C23H15BrN4.C21H12BrN5/c1-30-25(29)18-12-13-19-20(15-26-21(19)14-18)24-27-22(16-8-4-2-5-9-16)23(28-24)17-10-6-3-7-11-17;1-28-14-10-11-21-19(12-14)20(13-25-21)24-26-22-17-8-4-2-6-15(17)16-7-3-5-9-18(16)23(22)27-24;24-16-8-11-20-18(12-16)19(13-25-20)23-26-21(14-4-2-1-3-5-14)22(27-23)15-6-9-17(10-7-15)28(29)30;24-12-5-8-20-17(9-12)19(11-26-20)23-27-21-16-4-2-1-3-14(16)15-7-6-13(25)10-18(15)22(21)28-23;22-11-5-6-16-14(9-11)15(10-25-16)21-26-19-12-3-1-7-23-17(12)18-13(20(19)27-21)4-2-8-24-18/h2-15,26H,1H3,(H,27,28);2-13,25H,1H3,(H,26,27);1-13,25H,(H,26,27);1-11,26H,25H2,(H,27,28);1-10,25H,(H,26,27). The lowest BCUT2D eigenvalue weighted by atomic mass is 9.99. The number of H-pyrrole nitrogens is 10. The number of nitrogens with zero attached hydrogens (tertiary/aromatic N) is 8. The zero-order valence-electron chi connectivity index (χ0n) is 76.0. The van der Waals surface area contributed by atoms with Crippen LogP contribution in [-0.4, -0.2) is 110 Å². The number of non-ortho nitro benzene ring substituents is 1. The van der Waals surface area contributed by atoms with Crippen LogP contribution in [0.15, 0.2) is 378 Å². The molecule has 24 nitrogen and oxygen atoms in total. The number of ether oxygens (including phenoxy) is 2. The second-order valence-electron chi connectivity index (χ2n) is 34.4. The van der Waals surface area contributed by atoms with E-state index >= 15 is 0 Å². The summed E-state index contributed by atoms with van der Waals surface area (Å²) in [6.45, 7) is 0. The fourth-order valence-electron chi connectivity index (χ4n) is 19.3. The van der Waals surface area contributed by atoms with Crippen LogP contribution in [0.1, 0.15) is 10.4 Å². The Morgan fingerprint density at radius 3 is 1.17 bits per heavy atom. The van der Waals surface area contributed by atoms with Crippen LogP contribution < -0.4 is 10.5 Å². The first-order valence-corrected chi connectivity index (χ1v) is 48.2. The van der Waals surface area contributed by atoms with Crippen molar-refractivity contribution in [3.05, 3.63) is 394 Å². The molecule has 12 heterocycles. The van der Waals surface area contributed by atoms with Gasteiger partial charge < -0.3 is 65.0 Å². The number of aromatic nitrogens is 17. The molecule has 0 radical (unpaired) electrons. The Kier molecular flexibility index (Phi) is 22.4. The van der Waals surface area contributed by atoms with Crippen molar-refractivity contribution in [3.63, 3.8) is 0 Å². The Morgan fingerprint density at radius 1 is 0.315 bits per heavy atom. The van der Waals surface area contributed by atoms with Crippen molar-refractivity contribution in [2.45, 2.75) is 0 Å². The van der Waals surface area contributed by atoms with E-state index < -0.39 is 4.92 Å².